The summed E-state index contributed by atoms with van der Waals surface area (Å²) in [6.45, 7) is 2.02. The zero-order valence-corrected chi connectivity index (χ0v) is 14.5. The summed E-state index contributed by atoms with van der Waals surface area (Å²) in [6, 6.07) is 12.8. The zero-order chi connectivity index (χ0) is 19.0. The van der Waals surface area contributed by atoms with E-state index in [1.54, 1.807) is 35.9 Å². The Balaban J connectivity index is 1.84. The maximum atomic E-state index is 13.7. The molecule has 4 rings (SSSR count). The van der Waals surface area contributed by atoms with Crippen molar-refractivity contribution in [2.45, 2.75) is 13.3 Å². The van der Waals surface area contributed by atoms with E-state index >= 15 is 0 Å². The topological polar surface area (TPSA) is 80.1 Å². The van der Waals surface area contributed by atoms with Crippen LogP contribution in [0.1, 0.15) is 12.2 Å². The molecule has 0 radical (unpaired) electrons. The first-order valence-electron chi connectivity index (χ1n) is 8.43. The van der Waals surface area contributed by atoms with Crippen molar-refractivity contribution in [3.05, 3.63) is 60.2 Å². The molecule has 1 N–H and O–H groups in total. The predicted molar refractivity (Wildman–Crippen MR) is 97.0 cm³/mol. The SMILES string of the molecule is Cc1nc(-c2ccccc2N2CCC(=O)NC2=O)n(-c2cccc(F)c2)n1. The maximum absolute atomic E-state index is 13.7. The van der Waals surface area contributed by atoms with Gasteiger partial charge in [0.15, 0.2) is 5.82 Å². The fourth-order valence-corrected chi connectivity index (χ4v) is 3.07. The van der Waals surface area contributed by atoms with Crippen molar-refractivity contribution in [3.63, 3.8) is 0 Å². The molecule has 0 atom stereocenters. The third-order valence-corrected chi connectivity index (χ3v) is 4.26. The van der Waals surface area contributed by atoms with Gasteiger partial charge in [0.2, 0.25) is 5.91 Å². The summed E-state index contributed by atoms with van der Waals surface area (Å²) < 4.78 is 15.2. The van der Waals surface area contributed by atoms with Crippen LogP contribution in [0.5, 0.6) is 0 Å². The molecular weight excluding hydrogens is 349 g/mol. The van der Waals surface area contributed by atoms with Crippen molar-refractivity contribution in [2.75, 3.05) is 11.4 Å². The highest BCUT2D eigenvalue weighted by Crippen LogP contribution is 2.32. The number of benzene rings is 2. The first-order valence-corrected chi connectivity index (χ1v) is 8.43. The van der Waals surface area contributed by atoms with E-state index in [0.717, 1.165) is 0 Å². The lowest BCUT2D eigenvalue weighted by Crippen LogP contribution is -2.49. The number of nitrogens with zero attached hydrogens (tertiary/aromatic N) is 4. The molecule has 0 spiro atoms. The first-order chi connectivity index (χ1) is 13.0. The number of urea groups is 1. The van der Waals surface area contributed by atoms with Crippen LogP contribution in [0, 0.1) is 12.7 Å². The highest BCUT2D eigenvalue weighted by Gasteiger charge is 2.27. The summed E-state index contributed by atoms with van der Waals surface area (Å²) in [5, 5.41) is 6.70. The Bertz CT molecular complexity index is 1050. The van der Waals surface area contributed by atoms with Crippen LogP contribution in [-0.4, -0.2) is 33.2 Å². The van der Waals surface area contributed by atoms with Crippen molar-refractivity contribution >= 4 is 17.6 Å². The first kappa shape index (κ1) is 16.9. The van der Waals surface area contributed by atoms with Crippen LogP contribution in [0.2, 0.25) is 0 Å². The Kier molecular flexibility index (Phi) is 4.15. The van der Waals surface area contributed by atoms with Crippen molar-refractivity contribution in [2.24, 2.45) is 0 Å². The largest absolute Gasteiger partial charge is 0.328 e. The third-order valence-electron chi connectivity index (χ3n) is 4.26. The van der Waals surface area contributed by atoms with Gasteiger partial charge in [-0.2, -0.15) is 5.10 Å². The average Bonchev–Trinajstić information content (AvgIpc) is 3.03. The van der Waals surface area contributed by atoms with Crippen LogP contribution in [0.4, 0.5) is 14.9 Å². The van der Waals surface area contributed by atoms with Gasteiger partial charge in [-0.3, -0.25) is 15.0 Å². The molecule has 0 aliphatic carbocycles. The maximum Gasteiger partial charge on any atom is 0.328 e. The molecular formula is C19H16FN5O2. The molecule has 0 bridgehead atoms. The number of nitrogens with one attached hydrogen (secondary N) is 1. The van der Waals surface area contributed by atoms with E-state index in [1.165, 1.54) is 17.0 Å². The number of aromatic nitrogens is 3. The Labute approximate surface area is 154 Å². The number of amides is 3. The lowest BCUT2D eigenvalue weighted by molar-refractivity contribution is -0.120. The monoisotopic (exact) mass is 365 g/mol. The quantitative estimate of drug-likeness (QED) is 0.774. The minimum atomic E-state index is -0.479. The number of rotatable bonds is 3. The molecule has 7 nitrogen and oxygen atoms in total. The number of aryl methyl sites for hydroxylation is 1. The number of anilines is 1. The highest BCUT2D eigenvalue weighted by atomic mass is 19.1. The van der Waals surface area contributed by atoms with Crippen molar-refractivity contribution in [1.29, 1.82) is 0 Å². The van der Waals surface area contributed by atoms with Crippen LogP contribution in [0.25, 0.3) is 17.1 Å². The molecule has 0 unspecified atom stereocenters. The number of carbonyl (C=O) groups excluding carboxylic acids is 2. The normalized spacial score (nSPS) is 14.4. The standard InChI is InChI=1S/C19H16FN5O2/c1-12-21-18(25(23-12)14-6-4-5-13(20)11-14)15-7-2-3-8-16(15)24-10-9-17(26)22-19(24)27/h2-8,11H,9-10H2,1H3,(H,22,26,27). The van der Waals surface area contributed by atoms with Crippen LogP contribution < -0.4 is 10.2 Å². The molecule has 136 valence electrons. The van der Waals surface area contributed by atoms with Crippen LogP contribution >= 0.6 is 0 Å². The minimum Gasteiger partial charge on any atom is -0.293 e. The molecule has 3 amide bonds. The second-order valence-corrected chi connectivity index (χ2v) is 6.15. The van der Waals surface area contributed by atoms with Gasteiger partial charge in [-0.1, -0.05) is 18.2 Å². The zero-order valence-electron chi connectivity index (χ0n) is 14.5. The Morgan fingerprint density at radius 2 is 1.93 bits per heavy atom. The molecule has 1 saturated heterocycles. The fraction of sp³-hybridized carbons (Fsp3) is 0.158. The van der Waals surface area contributed by atoms with Gasteiger partial charge in [0, 0.05) is 18.5 Å². The molecule has 1 aliphatic heterocycles. The number of halogens is 1. The molecule has 2 heterocycles. The van der Waals surface area contributed by atoms with Gasteiger partial charge >= 0.3 is 6.03 Å². The van der Waals surface area contributed by atoms with E-state index in [-0.39, 0.29) is 24.7 Å². The molecule has 0 saturated carbocycles. The molecule has 3 aromatic rings. The summed E-state index contributed by atoms with van der Waals surface area (Å²) >= 11 is 0. The highest BCUT2D eigenvalue weighted by molar-refractivity contribution is 6.07. The van der Waals surface area contributed by atoms with Crippen LogP contribution in [0.3, 0.4) is 0 Å². The predicted octanol–water partition coefficient (Wildman–Crippen LogP) is 2.83. The molecule has 1 fully saturated rings. The van der Waals surface area contributed by atoms with E-state index in [1.807, 2.05) is 12.1 Å². The summed E-state index contributed by atoms with van der Waals surface area (Å²) in [4.78, 5) is 29.7. The van der Waals surface area contributed by atoms with Gasteiger partial charge in [-0.25, -0.2) is 18.9 Å². The summed E-state index contributed by atoms with van der Waals surface area (Å²) in [5.41, 5.74) is 1.79. The van der Waals surface area contributed by atoms with Crippen LogP contribution in [-0.2, 0) is 4.79 Å². The lowest BCUT2D eigenvalue weighted by Gasteiger charge is -2.28. The second-order valence-electron chi connectivity index (χ2n) is 6.15. The molecule has 1 aliphatic rings. The van der Waals surface area contributed by atoms with Gasteiger partial charge in [0.1, 0.15) is 11.6 Å². The van der Waals surface area contributed by atoms with E-state index in [0.29, 0.717) is 28.6 Å². The molecule has 27 heavy (non-hydrogen) atoms. The summed E-state index contributed by atoms with van der Waals surface area (Å²) in [7, 11) is 0. The average molecular weight is 365 g/mol. The van der Waals surface area contributed by atoms with Gasteiger partial charge < -0.3 is 0 Å². The number of imide groups is 1. The van der Waals surface area contributed by atoms with E-state index in [9.17, 15) is 14.0 Å². The lowest BCUT2D eigenvalue weighted by atomic mass is 10.1. The second kappa shape index (κ2) is 6.64. The van der Waals surface area contributed by atoms with Crippen molar-refractivity contribution in [3.8, 4) is 17.1 Å². The van der Waals surface area contributed by atoms with Crippen LogP contribution in [0.15, 0.2) is 48.5 Å². The van der Waals surface area contributed by atoms with Gasteiger partial charge in [0.25, 0.3) is 0 Å². The van der Waals surface area contributed by atoms with Crippen molar-refractivity contribution < 1.29 is 14.0 Å². The number of carbonyl (C=O) groups is 2. The Hall–Kier alpha value is -3.55. The molecule has 2 aromatic carbocycles. The smallest absolute Gasteiger partial charge is 0.293 e. The van der Waals surface area contributed by atoms with Gasteiger partial charge in [0.05, 0.1) is 11.4 Å². The van der Waals surface area contributed by atoms with Gasteiger partial charge in [-0.15, -0.1) is 0 Å². The number of hydrogen-bond acceptors (Lipinski definition) is 4. The van der Waals surface area contributed by atoms with E-state index < -0.39 is 6.03 Å². The van der Waals surface area contributed by atoms with E-state index in [4.69, 9.17) is 0 Å². The van der Waals surface area contributed by atoms with Gasteiger partial charge in [-0.05, 0) is 37.3 Å². The molecule has 8 heteroatoms. The minimum absolute atomic E-state index is 0.218. The summed E-state index contributed by atoms with van der Waals surface area (Å²) in [6.07, 6.45) is 0.218. The summed E-state index contributed by atoms with van der Waals surface area (Å²) in [5.74, 6) is 0.321. The van der Waals surface area contributed by atoms with E-state index in [2.05, 4.69) is 15.4 Å². The third kappa shape index (κ3) is 3.17. The van der Waals surface area contributed by atoms with Crippen molar-refractivity contribution in [1.82, 2.24) is 20.1 Å². The Morgan fingerprint density at radius 3 is 2.70 bits per heavy atom. The fourth-order valence-electron chi connectivity index (χ4n) is 3.07. The number of hydrogen-bond donors (Lipinski definition) is 1. The molecule has 1 aromatic heterocycles. The number of para-hydroxylation sites is 1. The Morgan fingerprint density at radius 1 is 1.11 bits per heavy atom.